The van der Waals surface area contributed by atoms with Crippen LogP contribution < -0.4 is 5.73 Å². The molecule has 2 heterocycles. The Labute approximate surface area is 146 Å². The predicted octanol–water partition coefficient (Wildman–Crippen LogP) is 2.45. The van der Waals surface area contributed by atoms with Crippen molar-refractivity contribution < 1.29 is 9.18 Å². The minimum absolute atomic E-state index is 0.00396. The lowest BCUT2D eigenvalue weighted by Crippen LogP contribution is -2.28. The number of aromatic nitrogens is 2. The molecule has 3 rings (SSSR count). The quantitative estimate of drug-likeness (QED) is 0.868. The van der Waals surface area contributed by atoms with Crippen LogP contribution in [0.2, 0.25) is 0 Å². The number of nitrogens with two attached hydrogens (primary N) is 1. The van der Waals surface area contributed by atoms with Gasteiger partial charge in [0.1, 0.15) is 5.82 Å². The Morgan fingerprint density at radius 2 is 2.08 bits per heavy atom. The SMILES string of the molecule is Cc1nn(-c2ccc(F)cc2)c(C)c1/C=C/C(=O)N1CCC(CN)C1. The van der Waals surface area contributed by atoms with Crippen molar-refractivity contribution in [3.05, 3.63) is 53.1 Å². The van der Waals surface area contributed by atoms with E-state index in [1.165, 1.54) is 12.1 Å². The second-order valence-corrected chi connectivity index (χ2v) is 6.48. The molecular weight excluding hydrogens is 319 g/mol. The van der Waals surface area contributed by atoms with E-state index < -0.39 is 0 Å². The summed E-state index contributed by atoms with van der Waals surface area (Å²) in [6.45, 7) is 5.95. The van der Waals surface area contributed by atoms with Gasteiger partial charge in [0.2, 0.25) is 5.91 Å². The molecule has 1 saturated heterocycles. The summed E-state index contributed by atoms with van der Waals surface area (Å²) in [5.74, 6) is 0.128. The fraction of sp³-hybridized carbons (Fsp3) is 0.368. The summed E-state index contributed by atoms with van der Waals surface area (Å²) in [5, 5.41) is 4.51. The molecule has 1 atom stereocenters. The van der Waals surface area contributed by atoms with Gasteiger partial charge in [-0.3, -0.25) is 4.79 Å². The molecule has 1 amide bonds. The lowest BCUT2D eigenvalue weighted by atomic mass is 10.1. The number of hydrogen-bond acceptors (Lipinski definition) is 3. The molecule has 132 valence electrons. The van der Waals surface area contributed by atoms with Crippen molar-refractivity contribution in [2.75, 3.05) is 19.6 Å². The van der Waals surface area contributed by atoms with E-state index in [9.17, 15) is 9.18 Å². The molecular formula is C19H23FN4O. The molecule has 0 radical (unpaired) electrons. The molecule has 5 nitrogen and oxygen atoms in total. The van der Waals surface area contributed by atoms with Crippen molar-refractivity contribution in [1.29, 1.82) is 0 Å². The smallest absolute Gasteiger partial charge is 0.246 e. The Balaban J connectivity index is 1.79. The molecule has 2 aromatic rings. The first-order chi connectivity index (χ1) is 12.0. The van der Waals surface area contributed by atoms with E-state index >= 15 is 0 Å². The van der Waals surface area contributed by atoms with Crippen LogP contribution in [-0.4, -0.2) is 40.2 Å². The van der Waals surface area contributed by atoms with Gasteiger partial charge in [-0.1, -0.05) is 0 Å². The number of aryl methyl sites for hydroxylation is 1. The number of nitrogens with zero attached hydrogens (tertiary/aromatic N) is 3. The standard InChI is InChI=1S/C19H23FN4O/c1-13-18(7-8-19(25)23-10-9-15(11-21)12-23)14(2)24(22-13)17-5-3-16(20)4-6-17/h3-8,15H,9-12,21H2,1-2H3/b8-7+. The van der Waals surface area contributed by atoms with Crippen LogP contribution in [0.15, 0.2) is 30.3 Å². The Morgan fingerprint density at radius 1 is 1.36 bits per heavy atom. The molecule has 0 spiro atoms. The second kappa shape index (κ2) is 7.19. The van der Waals surface area contributed by atoms with Crippen LogP contribution in [0.4, 0.5) is 4.39 Å². The molecule has 0 aliphatic carbocycles. The van der Waals surface area contributed by atoms with Gasteiger partial charge in [0.25, 0.3) is 0 Å². The predicted molar refractivity (Wildman–Crippen MR) is 95.8 cm³/mol. The molecule has 1 aliphatic heterocycles. The molecule has 1 fully saturated rings. The van der Waals surface area contributed by atoms with E-state index in [4.69, 9.17) is 5.73 Å². The normalized spacial score (nSPS) is 17.6. The molecule has 2 N–H and O–H groups in total. The van der Waals surface area contributed by atoms with Gasteiger partial charge < -0.3 is 10.6 Å². The van der Waals surface area contributed by atoms with Gasteiger partial charge in [-0.15, -0.1) is 0 Å². The highest BCUT2D eigenvalue weighted by molar-refractivity contribution is 5.92. The number of likely N-dealkylation sites (tertiary alicyclic amines) is 1. The van der Waals surface area contributed by atoms with Crippen LogP contribution in [0.3, 0.4) is 0 Å². The molecule has 1 aromatic heterocycles. The maximum Gasteiger partial charge on any atom is 0.246 e. The Kier molecular flexibility index (Phi) is 4.99. The lowest BCUT2D eigenvalue weighted by molar-refractivity contribution is -0.125. The van der Waals surface area contributed by atoms with E-state index in [0.717, 1.165) is 42.1 Å². The summed E-state index contributed by atoms with van der Waals surface area (Å²) in [6.07, 6.45) is 4.39. The van der Waals surface area contributed by atoms with Gasteiger partial charge in [-0.05, 0) is 63.1 Å². The number of carbonyl (C=O) groups is 1. The first-order valence-corrected chi connectivity index (χ1v) is 8.49. The van der Waals surface area contributed by atoms with Crippen LogP contribution in [0.25, 0.3) is 11.8 Å². The minimum atomic E-state index is -0.280. The maximum absolute atomic E-state index is 13.1. The van der Waals surface area contributed by atoms with Crippen molar-refractivity contribution in [3.63, 3.8) is 0 Å². The van der Waals surface area contributed by atoms with Gasteiger partial charge in [-0.2, -0.15) is 5.10 Å². The first kappa shape index (κ1) is 17.4. The third-order valence-corrected chi connectivity index (χ3v) is 4.74. The summed E-state index contributed by atoms with van der Waals surface area (Å²) >= 11 is 0. The van der Waals surface area contributed by atoms with Crippen molar-refractivity contribution in [3.8, 4) is 5.69 Å². The molecule has 0 bridgehead atoms. The second-order valence-electron chi connectivity index (χ2n) is 6.48. The van der Waals surface area contributed by atoms with Crippen LogP contribution in [-0.2, 0) is 4.79 Å². The van der Waals surface area contributed by atoms with E-state index in [-0.39, 0.29) is 11.7 Å². The van der Waals surface area contributed by atoms with Crippen LogP contribution in [0, 0.1) is 25.6 Å². The minimum Gasteiger partial charge on any atom is -0.339 e. The number of benzene rings is 1. The van der Waals surface area contributed by atoms with Crippen molar-refractivity contribution in [1.82, 2.24) is 14.7 Å². The van der Waals surface area contributed by atoms with Gasteiger partial charge in [0, 0.05) is 30.4 Å². The van der Waals surface area contributed by atoms with E-state index in [1.54, 1.807) is 22.9 Å². The zero-order valence-corrected chi connectivity index (χ0v) is 14.6. The van der Waals surface area contributed by atoms with Gasteiger partial charge in [0.05, 0.1) is 11.4 Å². The first-order valence-electron chi connectivity index (χ1n) is 8.49. The summed E-state index contributed by atoms with van der Waals surface area (Å²) in [5.41, 5.74) is 9.11. The number of carbonyl (C=O) groups excluding carboxylic acids is 1. The van der Waals surface area contributed by atoms with Gasteiger partial charge >= 0.3 is 0 Å². The number of rotatable bonds is 4. The van der Waals surface area contributed by atoms with Crippen LogP contribution in [0.1, 0.15) is 23.4 Å². The highest BCUT2D eigenvalue weighted by Gasteiger charge is 2.23. The van der Waals surface area contributed by atoms with Crippen LogP contribution in [0.5, 0.6) is 0 Å². The zero-order valence-electron chi connectivity index (χ0n) is 14.6. The third-order valence-electron chi connectivity index (χ3n) is 4.74. The van der Waals surface area contributed by atoms with E-state index in [1.807, 2.05) is 24.8 Å². The largest absolute Gasteiger partial charge is 0.339 e. The molecule has 1 unspecified atom stereocenters. The average molecular weight is 342 g/mol. The summed E-state index contributed by atoms with van der Waals surface area (Å²) in [6, 6.07) is 6.19. The summed E-state index contributed by atoms with van der Waals surface area (Å²) in [7, 11) is 0. The fourth-order valence-electron chi connectivity index (χ4n) is 3.21. The molecule has 6 heteroatoms. The molecule has 1 aromatic carbocycles. The third kappa shape index (κ3) is 3.64. The van der Waals surface area contributed by atoms with Gasteiger partial charge in [0.15, 0.2) is 0 Å². The van der Waals surface area contributed by atoms with E-state index in [2.05, 4.69) is 5.10 Å². The number of halogens is 1. The average Bonchev–Trinajstić information content (AvgIpc) is 3.19. The highest BCUT2D eigenvalue weighted by atomic mass is 19.1. The zero-order chi connectivity index (χ0) is 18.0. The van der Waals surface area contributed by atoms with Crippen molar-refractivity contribution in [2.24, 2.45) is 11.7 Å². The molecule has 25 heavy (non-hydrogen) atoms. The number of amides is 1. The van der Waals surface area contributed by atoms with Crippen LogP contribution >= 0.6 is 0 Å². The van der Waals surface area contributed by atoms with Gasteiger partial charge in [-0.25, -0.2) is 9.07 Å². The van der Waals surface area contributed by atoms with Crippen molar-refractivity contribution >= 4 is 12.0 Å². The van der Waals surface area contributed by atoms with Crippen molar-refractivity contribution in [2.45, 2.75) is 20.3 Å². The molecule has 1 aliphatic rings. The Hall–Kier alpha value is -2.47. The Bertz CT molecular complexity index is 795. The topological polar surface area (TPSA) is 64.2 Å². The number of hydrogen-bond donors (Lipinski definition) is 1. The molecule has 0 saturated carbocycles. The summed E-state index contributed by atoms with van der Waals surface area (Å²) in [4.78, 5) is 14.2. The highest BCUT2D eigenvalue weighted by Crippen LogP contribution is 2.20. The fourth-order valence-corrected chi connectivity index (χ4v) is 3.21. The Morgan fingerprint density at radius 3 is 2.72 bits per heavy atom. The maximum atomic E-state index is 13.1. The lowest BCUT2D eigenvalue weighted by Gasteiger charge is -2.13. The van der Waals surface area contributed by atoms with E-state index in [0.29, 0.717) is 12.5 Å². The monoisotopic (exact) mass is 342 g/mol. The summed E-state index contributed by atoms with van der Waals surface area (Å²) < 4.78 is 14.9.